The van der Waals surface area contributed by atoms with Crippen LogP contribution in [0.2, 0.25) is 0 Å². The van der Waals surface area contributed by atoms with Gasteiger partial charge in [-0.3, -0.25) is 4.79 Å². The molecule has 0 aromatic heterocycles. The molecule has 148 valence electrons. The smallest absolute Gasteiger partial charge is 0.251 e. The number of carbonyl (C=O) groups is 1. The lowest BCUT2D eigenvalue weighted by molar-refractivity contribution is 0.0950. The Hall–Kier alpha value is -2.18. The van der Waals surface area contributed by atoms with Gasteiger partial charge < -0.3 is 5.32 Å². The number of aryl methyl sites for hydroxylation is 1. The van der Waals surface area contributed by atoms with Crippen molar-refractivity contribution in [1.82, 2.24) is 9.62 Å². The van der Waals surface area contributed by atoms with Gasteiger partial charge >= 0.3 is 0 Å². The number of nitrogens with zero attached hydrogens (tertiary/aromatic N) is 1. The van der Waals surface area contributed by atoms with E-state index in [4.69, 9.17) is 0 Å². The molecule has 2 aromatic rings. The number of carbonyl (C=O) groups excluding carboxylic acids is 1. The van der Waals surface area contributed by atoms with Gasteiger partial charge in [-0.05, 0) is 49.4 Å². The molecule has 6 heteroatoms. The summed E-state index contributed by atoms with van der Waals surface area (Å²) in [6.45, 7) is 2.89. The number of hydrogen-bond acceptors (Lipinski definition) is 3. The summed E-state index contributed by atoms with van der Waals surface area (Å²) in [5, 5.41) is 3.05. The van der Waals surface area contributed by atoms with Gasteiger partial charge in [0.15, 0.2) is 0 Å². The summed E-state index contributed by atoms with van der Waals surface area (Å²) in [5.41, 5.74) is 2.31. The summed E-state index contributed by atoms with van der Waals surface area (Å²) < 4.78 is 27.6. The van der Waals surface area contributed by atoms with Crippen LogP contribution in [0.1, 0.15) is 53.1 Å². The molecule has 2 fully saturated rings. The number of benzene rings is 2. The van der Waals surface area contributed by atoms with Crippen LogP contribution < -0.4 is 5.32 Å². The van der Waals surface area contributed by atoms with Crippen LogP contribution in [0.25, 0.3) is 0 Å². The van der Waals surface area contributed by atoms with E-state index in [1.54, 1.807) is 23.4 Å². The maximum absolute atomic E-state index is 13.0. The van der Waals surface area contributed by atoms with Crippen LogP contribution in [-0.4, -0.2) is 37.8 Å². The topological polar surface area (TPSA) is 66.5 Å². The molecule has 1 heterocycles. The normalized spacial score (nSPS) is 22.6. The van der Waals surface area contributed by atoms with Gasteiger partial charge in [-0.25, -0.2) is 8.42 Å². The van der Waals surface area contributed by atoms with Crippen LogP contribution in [0.5, 0.6) is 0 Å². The fourth-order valence-corrected chi connectivity index (χ4v) is 5.71. The number of nitrogens with one attached hydrogen (secondary N) is 1. The van der Waals surface area contributed by atoms with Crippen molar-refractivity contribution in [2.24, 2.45) is 0 Å². The molecule has 2 unspecified atom stereocenters. The minimum Gasteiger partial charge on any atom is -0.349 e. The van der Waals surface area contributed by atoms with Crippen LogP contribution in [0.3, 0.4) is 0 Å². The van der Waals surface area contributed by atoms with E-state index in [9.17, 15) is 13.2 Å². The molecule has 1 saturated carbocycles. The highest BCUT2D eigenvalue weighted by atomic mass is 32.2. The molecule has 1 saturated heterocycles. The van der Waals surface area contributed by atoms with Crippen molar-refractivity contribution >= 4 is 15.9 Å². The first kappa shape index (κ1) is 19.2. The minimum absolute atomic E-state index is 0.110. The molecule has 2 aromatic carbocycles. The second kappa shape index (κ2) is 7.68. The molecule has 0 bridgehead atoms. The van der Waals surface area contributed by atoms with Gasteiger partial charge in [0, 0.05) is 30.6 Å². The quantitative estimate of drug-likeness (QED) is 0.839. The average molecular weight is 399 g/mol. The van der Waals surface area contributed by atoms with E-state index in [1.165, 1.54) is 11.6 Å². The third-order valence-corrected chi connectivity index (χ3v) is 7.76. The molecule has 2 atom stereocenters. The van der Waals surface area contributed by atoms with Crippen LogP contribution >= 0.6 is 0 Å². The molecular weight excluding hydrogens is 372 g/mol. The van der Waals surface area contributed by atoms with Crippen LogP contribution in [0, 0.1) is 6.92 Å². The molecule has 1 aliphatic carbocycles. The zero-order chi connectivity index (χ0) is 19.7. The summed E-state index contributed by atoms with van der Waals surface area (Å²) in [7, 11) is -3.56. The highest BCUT2D eigenvalue weighted by molar-refractivity contribution is 7.89. The lowest BCUT2D eigenvalue weighted by Crippen LogP contribution is -2.36. The highest BCUT2D eigenvalue weighted by Crippen LogP contribution is 2.40. The van der Waals surface area contributed by atoms with Crippen molar-refractivity contribution in [3.05, 3.63) is 65.2 Å². The Morgan fingerprint density at radius 3 is 2.46 bits per heavy atom. The zero-order valence-electron chi connectivity index (χ0n) is 16.1. The highest BCUT2D eigenvalue weighted by Gasteiger charge is 2.39. The third kappa shape index (κ3) is 3.84. The molecule has 0 radical (unpaired) electrons. The minimum atomic E-state index is -3.56. The third-order valence-electron chi connectivity index (χ3n) is 5.72. The van der Waals surface area contributed by atoms with E-state index < -0.39 is 10.0 Å². The van der Waals surface area contributed by atoms with Gasteiger partial charge in [-0.15, -0.1) is 0 Å². The molecule has 4 rings (SSSR count). The van der Waals surface area contributed by atoms with E-state index in [2.05, 4.69) is 17.4 Å². The fourth-order valence-electron chi connectivity index (χ4n) is 3.94. The first-order chi connectivity index (χ1) is 13.5. The van der Waals surface area contributed by atoms with E-state index in [1.807, 2.05) is 18.2 Å². The van der Waals surface area contributed by atoms with Gasteiger partial charge in [-0.1, -0.05) is 42.8 Å². The Labute approximate surface area is 166 Å². The predicted molar refractivity (Wildman–Crippen MR) is 109 cm³/mol. The Bertz CT molecular complexity index is 967. The number of rotatable bonds is 5. The van der Waals surface area contributed by atoms with E-state index in [-0.39, 0.29) is 16.8 Å². The zero-order valence-corrected chi connectivity index (χ0v) is 16.9. The molecule has 2 aliphatic rings. The Balaban J connectivity index is 1.50. The van der Waals surface area contributed by atoms with Crippen molar-refractivity contribution < 1.29 is 13.2 Å². The summed E-state index contributed by atoms with van der Waals surface area (Å²) >= 11 is 0. The molecule has 5 nitrogen and oxygen atoms in total. The van der Waals surface area contributed by atoms with Crippen LogP contribution in [0.15, 0.2) is 53.4 Å². The van der Waals surface area contributed by atoms with E-state index in [0.29, 0.717) is 30.1 Å². The number of piperidine rings is 1. The monoisotopic (exact) mass is 398 g/mol. The van der Waals surface area contributed by atoms with Gasteiger partial charge in [0.05, 0.1) is 4.90 Å². The van der Waals surface area contributed by atoms with Crippen LogP contribution in [0.4, 0.5) is 0 Å². The lowest BCUT2D eigenvalue weighted by atomic mass is 10.1. The Morgan fingerprint density at radius 2 is 1.75 bits per heavy atom. The van der Waals surface area contributed by atoms with Gasteiger partial charge in [-0.2, -0.15) is 4.31 Å². The van der Waals surface area contributed by atoms with Crippen molar-refractivity contribution in [3.63, 3.8) is 0 Å². The van der Waals surface area contributed by atoms with Crippen molar-refractivity contribution in [3.8, 4) is 0 Å². The summed E-state index contributed by atoms with van der Waals surface area (Å²) in [4.78, 5) is 13.0. The molecular formula is C22H26N2O3S. The molecule has 1 amide bonds. The SMILES string of the molecule is Cc1ccc(C(=O)NC2CC2c2ccccc2)cc1S(=O)(=O)N1CCCCC1. The lowest BCUT2D eigenvalue weighted by Gasteiger charge is -2.26. The molecule has 1 aliphatic heterocycles. The summed E-state index contributed by atoms with van der Waals surface area (Å²) in [6.07, 6.45) is 3.76. The predicted octanol–water partition coefficient (Wildman–Crippen LogP) is 3.46. The van der Waals surface area contributed by atoms with E-state index >= 15 is 0 Å². The van der Waals surface area contributed by atoms with Crippen molar-refractivity contribution in [1.29, 1.82) is 0 Å². The first-order valence-electron chi connectivity index (χ1n) is 9.93. The second-order valence-electron chi connectivity index (χ2n) is 7.78. The summed E-state index contributed by atoms with van der Waals surface area (Å²) in [5.74, 6) is 0.130. The standard InChI is InChI=1S/C22H26N2O3S/c1-16-10-11-18(14-21(16)28(26,27)24-12-6-3-7-13-24)22(25)23-20-15-19(20)17-8-4-2-5-9-17/h2,4-5,8-11,14,19-20H,3,6-7,12-13,15H2,1H3,(H,23,25). The maximum atomic E-state index is 13.0. The first-order valence-corrected chi connectivity index (χ1v) is 11.4. The average Bonchev–Trinajstić information content (AvgIpc) is 3.48. The number of sulfonamides is 1. The fraction of sp³-hybridized carbons (Fsp3) is 0.409. The molecule has 1 N–H and O–H groups in total. The molecule has 0 spiro atoms. The largest absolute Gasteiger partial charge is 0.349 e. The Kier molecular flexibility index (Phi) is 5.25. The van der Waals surface area contributed by atoms with E-state index in [0.717, 1.165) is 25.7 Å². The second-order valence-corrected chi connectivity index (χ2v) is 9.68. The van der Waals surface area contributed by atoms with Gasteiger partial charge in [0.1, 0.15) is 0 Å². The van der Waals surface area contributed by atoms with Gasteiger partial charge in [0.2, 0.25) is 10.0 Å². The Morgan fingerprint density at radius 1 is 1.04 bits per heavy atom. The maximum Gasteiger partial charge on any atom is 0.251 e. The van der Waals surface area contributed by atoms with Gasteiger partial charge in [0.25, 0.3) is 5.91 Å². The van der Waals surface area contributed by atoms with Crippen molar-refractivity contribution in [2.75, 3.05) is 13.1 Å². The molecule has 28 heavy (non-hydrogen) atoms. The number of hydrogen-bond donors (Lipinski definition) is 1. The summed E-state index contributed by atoms with van der Waals surface area (Å²) in [6, 6.07) is 15.2. The van der Waals surface area contributed by atoms with Crippen molar-refractivity contribution in [2.45, 2.75) is 49.5 Å². The van der Waals surface area contributed by atoms with Crippen LogP contribution in [-0.2, 0) is 10.0 Å². The number of amides is 1.